The number of carbonyl (C=O) groups excluding carboxylic acids is 1. The minimum atomic E-state index is -0.467. The van der Waals surface area contributed by atoms with Gasteiger partial charge in [-0.2, -0.15) is 0 Å². The molecule has 0 bridgehead atoms. The largest absolute Gasteiger partial charge is 0.378 e. The number of rotatable bonds is 5. The number of nitrogens with one attached hydrogen (secondary N) is 1. The molecule has 0 saturated carbocycles. The lowest BCUT2D eigenvalue weighted by atomic mass is 10.1. The van der Waals surface area contributed by atoms with E-state index in [0.717, 1.165) is 34.1 Å². The normalized spacial score (nSPS) is 10.8. The summed E-state index contributed by atoms with van der Waals surface area (Å²) in [5.74, 6) is 0.321. The van der Waals surface area contributed by atoms with Crippen LogP contribution in [-0.2, 0) is 0 Å². The van der Waals surface area contributed by atoms with Crippen molar-refractivity contribution in [1.29, 1.82) is 0 Å². The van der Waals surface area contributed by atoms with Crippen LogP contribution in [0.1, 0.15) is 10.4 Å². The third-order valence-corrected chi connectivity index (χ3v) is 4.50. The Morgan fingerprint density at radius 1 is 1.14 bits per heavy atom. The minimum absolute atomic E-state index is 0.442. The number of hydrogen-bond donors (Lipinski definition) is 2. The van der Waals surface area contributed by atoms with Crippen molar-refractivity contribution >= 4 is 28.7 Å². The predicted octanol–water partition coefficient (Wildman–Crippen LogP) is 3.30. The maximum absolute atomic E-state index is 11.5. The molecule has 4 aromatic rings. The molecule has 28 heavy (non-hydrogen) atoms. The van der Waals surface area contributed by atoms with E-state index in [4.69, 9.17) is 10.7 Å². The minimum Gasteiger partial charge on any atom is -0.378 e. The van der Waals surface area contributed by atoms with E-state index >= 15 is 0 Å². The Kier molecular flexibility index (Phi) is 4.41. The number of primary amides is 1. The smallest absolute Gasteiger partial charge is 0.248 e. The average molecular weight is 372 g/mol. The number of benzene rings is 2. The third-order valence-electron chi connectivity index (χ3n) is 4.50. The van der Waals surface area contributed by atoms with Gasteiger partial charge in [0.1, 0.15) is 11.5 Å². The van der Waals surface area contributed by atoms with Crippen LogP contribution in [0, 0.1) is 0 Å². The van der Waals surface area contributed by atoms with E-state index in [2.05, 4.69) is 22.4 Å². The van der Waals surface area contributed by atoms with Crippen LogP contribution in [0.25, 0.3) is 16.9 Å². The fraction of sp³-hybridized carbons (Fsp3) is 0.0952. The molecule has 0 spiro atoms. The van der Waals surface area contributed by atoms with E-state index in [1.807, 2.05) is 47.8 Å². The summed E-state index contributed by atoms with van der Waals surface area (Å²) in [6.45, 7) is 0. The second kappa shape index (κ2) is 7.03. The van der Waals surface area contributed by atoms with Gasteiger partial charge in [0.25, 0.3) is 0 Å². The van der Waals surface area contributed by atoms with Gasteiger partial charge in [0.2, 0.25) is 5.91 Å². The van der Waals surface area contributed by atoms with Crippen LogP contribution in [0.5, 0.6) is 0 Å². The van der Waals surface area contributed by atoms with E-state index in [-0.39, 0.29) is 0 Å². The van der Waals surface area contributed by atoms with Crippen LogP contribution < -0.4 is 16.0 Å². The summed E-state index contributed by atoms with van der Waals surface area (Å²) >= 11 is 0. The van der Waals surface area contributed by atoms with Crippen molar-refractivity contribution in [1.82, 2.24) is 14.4 Å². The van der Waals surface area contributed by atoms with E-state index in [1.54, 1.807) is 30.6 Å². The first-order valence-corrected chi connectivity index (χ1v) is 8.79. The summed E-state index contributed by atoms with van der Waals surface area (Å²) in [4.78, 5) is 22.5. The highest BCUT2D eigenvalue weighted by molar-refractivity contribution is 5.94. The first kappa shape index (κ1) is 17.5. The van der Waals surface area contributed by atoms with E-state index in [0.29, 0.717) is 5.56 Å². The molecule has 0 aliphatic carbocycles. The standard InChI is InChI=1S/C21H20N6O/c1-26(2)17-8-6-14(7-9-17)19-21(27-11-10-23-13-18(27)25-19)24-16-5-3-4-15(12-16)20(22)28/h3-13,24H,1-2H3,(H2,22,28). The Labute approximate surface area is 162 Å². The molecule has 140 valence electrons. The van der Waals surface area contributed by atoms with Crippen LogP contribution in [0.4, 0.5) is 17.2 Å². The molecular formula is C21H20N6O. The van der Waals surface area contributed by atoms with Crippen molar-refractivity contribution in [3.05, 3.63) is 72.7 Å². The Bertz CT molecular complexity index is 1150. The molecule has 0 aliphatic rings. The lowest BCUT2D eigenvalue weighted by molar-refractivity contribution is 0.100. The third kappa shape index (κ3) is 3.25. The van der Waals surface area contributed by atoms with Gasteiger partial charge in [-0.05, 0) is 30.3 Å². The van der Waals surface area contributed by atoms with E-state index in [1.165, 1.54) is 0 Å². The van der Waals surface area contributed by atoms with Gasteiger partial charge in [0.15, 0.2) is 5.65 Å². The summed E-state index contributed by atoms with van der Waals surface area (Å²) in [7, 11) is 4.01. The summed E-state index contributed by atoms with van der Waals surface area (Å²) in [5, 5.41) is 3.38. The molecule has 0 radical (unpaired) electrons. The Balaban J connectivity index is 1.81. The quantitative estimate of drug-likeness (QED) is 0.561. The number of imidazole rings is 1. The molecule has 2 heterocycles. The zero-order valence-electron chi connectivity index (χ0n) is 15.6. The molecule has 0 fully saturated rings. The number of carbonyl (C=O) groups is 1. The molecule has 3 N–H and O–H groups in total. The van der Waals surface area contributed by atoms with Crippen molar-refractivity contribution < 1.29 is 4.79 Å². The number of nitrogens with zero attached hydrogens (tertiary/aromatic N) is 4. The van der Waals surface area contributed by atoms with Gasteiger partial charge >= 0.3 is 0 Å². The number of fused-ring (bicyclic) bond motifs is 1. The number of amides is 1. The van der Waals surface area contributed by atoms with Crippen molar-refractivity contribution in [3.8, 4) is 11.3 Å². The van der Waals surface area contributed by atoms with Crippen LogP contribution in [0.15, 0.2) is 67.1 Å². The number of nitrogens with two attached hydrogens (primary N) is 1. The van der Waals surface area contributed by atoms with Crippen LogP contribution in [0.2, 0.25) is 0 Å². The zero-order chi connectivity index (χ0) is 19.7. The molecule has 0 aliphatic heterocycles. The van der Waals surface area contributed by atoms with E-state index in [9.17, 15) is 4.79 Å². The van der Waals surface area contributed by atoms with Gasteiger partial charge in [-0.25, -0.2) is 4.98 Å². The topological polar surface area (TPSA) is 88.6 Å². The summed E-state index contributed by atoms with van der Waals surface area (Å²) in [6.07, 6.45) is 5.27. The lowest BCUT2D eigenvalue weighted by Crippen LogP contribution is -2.11. The Hall–Kier alpha value is -3.87. The first-order chi connectivity index (χ1) is 13.5. The molecule has 1 amide bonds. The van der Waals surface area contributed by atoms with Crippen molar-refractivity contribution in [2.24, 2.45) is 5.73 Å². The molecule has 7 heteroatoms. The van der Waals surface area contributed by atoms with Gasteiger partial charge in [0.05, 0.1) is 6.20 Å². The van der Waals surface area contributed by atoms with Gasteiger partial charge in [-0.15, -0.1) is 0 Å². The Morgan fingerprint density at radius 2 is 1.93 bits per heavy atom. The summed E-state index contributed by atoms with van der Waals surface area (Å²) in [5.41, 5.74) is 10.2. The molecule has 2 aromatic heterocycles. The zero-order valence-corrected chi connectivity index (χ0v) is 15.6. The highest BCUT2D eigenvalue weighted by atomic mass is 16.1. The second-order valence-corrected chi connectivity index (χ2v) is 6.62. The molecule has 0 atom stereocenters. The lowest BCUT2D eigenvalue weighted by Gasteiger charge is -2.13. The first-order valence-electron chi connectivity index (χ1n) is 8.79. The SMILES string of the molecule is CN(C)c1ccc(-c2nc3cnccn3c2Nc2cccc(C(N)=O)c2)cc1. The maximum atomic E-state index is 11.5. The average Bonchev–Trinajstić information content (AvgIpc) is 3.07. The van der Waals surface area contributed by atoms with E-state index < -0.39 is 5.91 Å². The number of hydrogen-bond acceptors (Lipinski definition) is 5. The highest BCUT2D eigenvalue weighted by Gasteiger charge is 2.15. The summed E-state index contributed by atoms with van der Waals surface area (Å²) in [6, 6.07) is 15.3. The fourth-order valence-electron chi connectivity index (χ4n) is 3.03. The molecule has 0 saturated heterocycles. The van der Waals surface area contributed by atoms with Crippen LogP contribution >= 0.6 is 0 Å². The molecule has 4 rings (SSSR count). The van der Waals surface area contributed by atoms with Gasteiger partial charge in [0, 0.05) is 49.0 Å². The monoisotopic (exact) mass is 372 g/mol. The second-order valence-electron chi connectivity index (χ2n) is 6.62. The molecular weight excluding hydrogens is 352 g/mol. The predicted molar refractivity (Wildman–Crippen MR) is 111 cm³/mol. The Morgan fingerprint density at radius 3 is 2.64 bits per heavy atom. The van der Waals surface area contributed by atoms with Gasteiger partial charge in [-0.1, -0.05) is 18.2 Å². The number of anilines is 3. The van der Waals surface area contributed by atoms with Crippen LogP contribution in [0.3, 0.4) is 0 Å². The maximum Gasteiger partial charge on any atom is 0.248 e. The highest BCUT2D eigenvalue weighted by Crippen LogP contribution is 2.32. The molecule has 7 nitrogen and oxygen atoms in total. The van der Waals surface area contributed by atoms with Crippen molar-refractivity contribution in [2.45, 2.75) is 0 Å². The van der Waals surface area contributed by atoms with Crippen LogP contribution in [-0.4, -0.2) is 34.4 Å². The van der Waals surface area contributed by atoms with Gasteiger partial charge < -0.3 is 16.0 Å². The fourth-order valence-corrected chi connectivity index (χ4v) is 3.03. The number of aromatic nitrogens is 3. The van der Waals surface area contributed by atoms with Crippen molar-refractivity contribution in [3.63, 3.8) is 0 Å². The van der Waals surface area contributed by atoms with Crippen molar-refractivity contribution in [2.75, 3.05) is 24.3 Å². The summed E-state index contributed by atoms with van der Waals surface area (Å²) < 4.78 is 1.93. The molecule has 0 unspecified atom stereocenters. The molecule has 2 aromatic carbocycles. The van der Waals surface area contributed by atoms with Gasteiger partial charge in [-0.3, -0.25) is 14.2 Å².